The Balaban J connectivity index is 1.37. The zero-order valence-electron chi connectivity index (χ0n) is 26.9. The van der Waals surface area contributed by atoms with Gasteiger partial charge in [-0.25, -0.2) is 0 Å². The van der Waals surface area contributed by atoms with Crippen LogP contribution < -0.4 is 14.9 Å². The number of fused-ring (bicyclic) bond motifs is 1. The first-order valence-corrected chi connectivity index (χ1v) is 15.9. The minimum absolute atomic E-state index is 0.0268. The molecule has 13 atom stereocenters. The predicted octanol–water partition coefficient (Wildman–Crippen LogP) is -4.31. The van der Waals surface area contributed by atoms with E-state index in [4.69, 9.17) is 32.8 Å². The lowest BCUT2D eigenvalue weighted by atomic mass is 9.98. The smallest absolute Gasteiger partial charge is 0.239 e. The molecule has 0 unspecified atom stereocenters. The molecule has 0 bridgehead atoms. The van der Waals surface area contributed by atoms with E-state index in [0.717, 1.165) is 12.1 Å². The molecule has 3 aliphatic heterocycles. The second-order valence-electron chi connectivity index (χ2n) is 12.6. The summed E-state index contributed by atoms with van der Waals surface area (Å²) in [6, 6.07) is 7.20. The van der Waals surface area contributed by atoms with Crippen molar-refractivity contribution in [2.45, 2.75) is 79.4 Å². The highest BCUT2D eigenvalue weighted by Crippen LogP contribution is 2.39. The Kier molecular flexibility index (Phi) is 10.9. The fourth-order valence-corrected chi connectivity index (χ4v) is 6.03. The minimum Gasteiger partial charge on any atom is -0.508 e. The molecule has 2 aromatic carbocycles. The third-order valence-electron chi connectivity index (χ3n) is 9.06. The fourth-order valence-electron chi connectivity index (χ4n) is 6.03. The summed E-state index contributed by atoms with van der Waals surface area (Å²) in [6.07, 6.45) is -20.4. The summed E-state index contributed by atoms with van der Waals surface area (Å²) in [5.41, 5.74) is -3.42. The molecule has 3 saturated heterocycles. The van der Waals surface area contributed by atoms with Crippen molar-refractivity contribution >= 4 is 11.0 Å². The average molecular weight is 743 g/mol. The molecule has 1 aromatic heterocycles. The van der Waals surface area contributed by atoms with Gasteiger partial charge in [0.25, 0.3) is 0 Å². The molecule has 286 valence electrons. The summed E-state index contributed by atoms with van der Waals surface area (Å²) in [7, 11) is 0. The second-order valence-corrected chi connectivity index (χ2v) is 12.6. The number of aromatic hydroxyl groups is 2. The van der Waals surface area contributed by atoms with Crippen molar-refractivity contribution in [2.24, 2.45) is 0 Å². The van der Waals surface area contributed by atoms with Gasteiger partial charge < -0.3 is 94.1 Å². The number of hydrogen-bond acceptors (Lipinski definition) is 20. The third kappa shape index (κ3) is 6.90. The van der Waals surface area contributed by atoms with E-state index >= 15 is 0 Å². The van der Waals surface area contributed by atoms with Crippen LogP contribution in [0.3, 0.4) is 0 Å². The molecule has 20 heteroatoms. The molecule has 3 aliphatic rings. The first-order chi connectivity index (χ1) is 24.7. The Morgan fingerprint density at radius 2 is 1.40 bits per heavy atom. The van der Waals surface area contributed by atoms with E-state index in [1.807, 2.05) is 0 Å². The Morgan fingerprint density at radius 3 is 2.02 bits per heavy atom. The number of aliphatic hydroxyl groups excluding tert-OH is 9. The fraction of sp³-hybridized carbons (Fsp3) is 0.531. The number of rotatable bonds is 10. The molecule has 3 fully saturated rings. The van der Waals surface area contributed by atoms with Crippen molar-refractivity contribution in [3.05, 3.63) is 46.6 Å². The average Bonchev–Trinajstić information content (AvgIpc) is 3.41. The number of aliphatic hydroxyl groups is 10. The van der Waals surface area contributed by atoms with Crippen molar-refractivity contribution in [2.75, 3.05) is 26.4 Å². The Morgan fingerprint density at radius 1 is 0.769 bits per heavy atom. The highest BCUT2D eigenvalue weighted by molar-refractivity contribution is 5.88. The summed E-state index contributed by atoms with van der Waals surface area (Å²) in [5, 5.41) is 122. The molecule has 3 aromatic rings. The van der Waals surface area contributed by atoms with E-state index in [0.29, 0.717) is 0 Å². The molecule has 4 heterocycles. The first kappa shape index (κ1) is 38.0. The molecule has 6 rings (SSSR count). The molecule has 20 nitrogen and oxygen atoms in total. The predicted molar refractivity (Wildman–Crippen MR) is 167 cm³/mol. The monoisotopic (exact) mass is 742 g/mol. The van der Waals surface area contributed by atoms with Gasteiger partial charge in [0.15, 0.2) is 18.2 Å². The number of phenols is 2. The van der Waals surface area contributed by atoms with Gasteiger partial charge in [-0.05, 0) is 24.3 Å². The van der Waals surface area contributed by atoms with Gasteiger partial charge in [-0.1, -0.05) is 0 Å². The maximum absolute atomic E-state index is 14.0. The molecule has 0 amide bonds. The van der Waals surface area contributed by atoms with E-state index in [2.05, 4.69) is 0 Å². The highest BCUT2D eigenvalue weighted by atomic mass is 16.8. The molecule has 0 aliphatic carbocycles. The summed E-state index contributed by atoms with van der Waals surface area (Å²) in [4.78, 5) is 14.0. The van der Waals surface area contributed by atoms with Crippen LogP contribution in [0.2, 0.25) is 0 Å². The van der Waals surface area contributed by atoms with Gasteiger partial charge in [-0.15, -0.1) is 0 Å². The number of phenolic OH excluding ortho intramolecular Hbond substituents is 2. The van der Waals surface area contributed by atoms with Gasteiger partial charge in [0.2, 0.25) is 23.8 Å². The highest BCUT2D eigenvalue weighted by Gasteiger charge is 2.54. The lowest BCUT2D eigenvalue weighted by Gasteiger charge is -2.42. The van der Waals surface area contributed by atoms with Crippen LogP contribution in [0.4, 0.5) is 0 Å². The van der Waals surface area contributed by atoms with Crippen LogP contribution in [0.15, 0.2) is 45.6 Å². The minimum atomic E-state index is -2.15. The van der Waals surface area contributed by atoms with Crippen molar-refractivity contribution in [1.29, 1.82) is 0 Å². The van der Waals surface area contributed by atoms with Crippen molar-refractivity contribution in [3.63, 3.8) is 0 Å². The van der Waals surface area contributed by atoms with E-state index in [1.54, 1.807) is 0 Å². The molecular formula is C32H38O20. The second kappa shape index (κ2) is 15.0. The number of hydrogen-bond donors (Lipinski definition) is 12. The van der Waals surface area contributed by atoms with Crippen molar-refractivity contribution in [1.82, 2.24) is 0 Å². The third-order valence-corrected chi connectivity index (χ3v) is 9.06. The summed E-state index contributed by atoms with van der Waals surface area (Å²) >= 11 is 0. The Bertz CT molecular complexity index is 1770. The van der Waals surface area contributed by atoms with E-state index in [-0.39, 0.29) is 22.7 Å². The van der Waals surface area contributed by atoms with Gasteiger partial charge in [0, 0.05) is 17.7 Å². The largest absolute Gasteiger partial charge is 0.508 e. The van der Waals surface area contributed by atoms with Gasteiger partial charge in [0.05, 0.1) is 26.4 Å². The van der Waals surface area contributed by atoms with Gasteiger partial charge in [0.1, 0.15) is 82.7 Å². The number of benzene rings is 2. The number of ether oxygens (including phenoxy) is 6. The summed E-state index contributed by atoms with van der Waals surface area (Å²) in [5.74, 6) is -2.21. The normalized spacial score (nSPS) is 36.6. The van der Waals surface area contributed by atoms with Crippen LogP contribution in [0, 0.1) is 0 Å². The maximum atomic E-state index is 14.0. The quantitative estimate of drug-likeness (QED) is 0.0934. The Labute approximate surface area is 292 Å². The zero-order valence-corrected chi connectivity index (χ0v) is 26.9. The lowest BCUT2D eigenvalue weighted by molar-refractivity contribution is -0.319. The van der Waals surface area contributed by atoms with Crippen LogP contribution in [0.25, 0.3) is 22.3 Å². The first-order valence-electron chi connectivity index (χ1n) is 15.9. The molecule has 0 radical (unpaired) electrons. The van der Waals surface area contributed by atoms with E-state index < -0.39 is 134 Å². The van der Waals surface area contributed by atoms with E-state index in [1.165, 1.54) is 24.3 Å². The lowest BCUT2D eigenvalue weighted by Crippen LogP contribution is -2.62. The SMILES string of the molecule is O=c1c(O[C@@H]2O[C@@H](CO)[C@@H](O)[C@H](O)[C@H]2O[C@@H]2OC[C@@](O)(CO)[C@@H]2O)c(-c2ccc(O[C@@H]3O[C@H](CO)[C@@H](O)[C@H](O)[C@H]3O)cc2)oc2cc(O)cc(O)c12. The molecular weight excluding hydrogens is 704 g/mol. The van der Waals surface area contributed by atoms with E-state index in [9.17, 15) is 66.1 Å². The van der Waals surface area contributed by atoms with Crippen LogP contribution >= 0.6 is 0 Å². The van der Waals surface area contributed by atoms with Gasteiger partial charge >= 0.3 is 0 Å². The zero-order chi connectivity index (χ0) is 37.6. The topological polar surface area (TPSA) is 328 Å². The molecule has 0 saturated carbocycles. The van der Waals surface area contributed by atoms with Crippen LogP contribution in [0.5, 0.6) is 23.0 Å². The molecule has 52 heavy (non-hydrogen) atoms. The van der Waals surface area contributed by atoms with Gasteiger partial charge in [-0.2, -0.15) is 0 Å². The van der Waals surface area contributed by atoms with Crippen molar-refractivity contribution < 1.29 is 94.1 Å². The summed E-state index contributed by atoms with van der Waals surface area (Å²) < 4.78 is 39.4. The molecule has 0 spiro atoms. The molecule has 12 N–H and O–H groups in total. The Hall–Kier alpha value is -3.71. The van der Waals surface area contributed by atoms with Crippen LogP contribution in [-0.4, -0.2) is 167 Å². The van der Waals surface area contributed by atoms with Crippen LogP contribution in [0.1, 0.15) is 0 Å². The van der Waals surface area contributed by atoms with Gasteiger partial charge in [-0.3, -0.25) is 4.79 Å². The standard InChI is InChI=1S/C32H38O20/c33-7-16-19(38)22(41)24(43)29(49-16)47-13-3-1-11(2-4-13)25-26(21(40)18-14(37)5-12(36)6-15(18)48-25)51-30-27(23(42)20(39)17(8-34)50-30)52-31-28(44)32(45,9-35)10-46-31/h1-6,16-17,19-20,22-24,27-31,33-39,41-45H,7-10H2/t16-,17+,19-,20-,22+,23+,24-,27-,28-,29-,30+,31+,32+/m1/s1. The van der Waals surface area contributed by atoms with Crippen LogP contribution in [-0.2, 0) is 18.9 Å². The maximum Gasteiger partial charge on any atom is 0.239 e. The summed E-state index contributed by atoms with van der Waals surface area (Å²) in [6.45, 7) is -3.07. The van der Waals surface area contributed by atoms with Crippen molar-refractivity contribution in [3.8, 4) is 34.3 Å².